The first-order chi connectivity index (χ1) is 10.3. The molecule has 3 rings (SSSR count). The number of carbonyl (C=O) groups excluding carboxylic acids is 1. The number of aromatic amines is 1. The molecule has 21 heavy (non-hydrogen) atoms. The van der Waals surface area contributed by atoms with Crippen LogP contribution in [0.2, 0.25) is 0 Å². The summed E-state index contributed by atoms with van der Waals surface area (Å²) in [6.07, 6.45) is 3.85. The minimum atomic E-state index is -0.128. The lowest BCUT2D eigenvalue weighted by Gasteiger charge is -1.99. The van der Waals surface area contributed by atoms with Crippen LogP contribution >= 0.6 is 0 Å². The van der Waals surface area contributed by atoms with Crippen LogP contribution in [0.3, 0.4) is 0 Å². The van der Waals surface area contributed by atoms with Gasteiger partial charge in [-0.15, -0.1) is 0 Å². The highest BCUT2D eigenvalue weighted by Crippen LogP contribution is 2.15. The molecule has 1 aromatic heterocycles. The Kier molecular flexibility index (Phi) is 3.78. The fourth-order valence-corrected chi connectivity index (χ4v) is 2.20. The van der Waals surface area contributed by atoms with Crippen molar-refractivity contribution in [3.05, 3.63) is 71.9 Å². The normalized spacial score (nSPS) is 11.0. The highest BCUT2D eigenvalue weighted by atomic mass is 16.2. The SMILES string of the molecule is O=C(Cc1ccccc1)N/N=C/c1c[nH]c2ccccc12. The van der Waals surface area contributed by atoms with Crippen molar-refractivity contribution in [3.63, 3.8) is 0 Å². The number of H-pyrrole nitrogens is 1. The Bertz CT molecular complexity index is 775. The molecule has 0 aliphatic rings. The van der Waals surface area contributed by atoms with Gasteiger partial charge in [0, 0.05) is 22.7 Å². The number of nitrogens with one attached hydrogen (secondary N) is 2. The first kappa shape index (κ1) is 13.1. The summed E-state index contributed by atoms with van der Waals surface area (Å²) < 4.78 is 0. The van der Waals surface area contributed by atoms with Crippen LogP contribution in [0.25, 0.3) is 10.9 Å². The molecule has 0 atom stereocenters. The second-order valence-corrected chi connectivity index (χ2v) is 4.75. The summed E-state index contributed by atoms with van der Waals surface area (Å²) in [7, 11) is 0. The summed E-state index contributed by atoms with van der Waals surface area (Å²) >= 11 is 0. The molecule has 0 radical (unpaired) electrons. The monoisotopic (exact) mass is 277 g/mol. The maximum absolute atomic E-state index is 11.8. The van der Waals surface area contributed by atoms with Crippen LogP contribution in [0.15, 0.2) is 65.9 Å². The molecule has 0 saturated heterocycles. The number of hydrogen-bond acceptors (Lipinski definition) is 2. The molecule has 2 aromatic carbocycles. The molecule has 104 valence electrons. The van der Waals surface area contributed by atoms with Gasteiger partial charge in [0.25, 0.3) is 0 Å². The molecule has 0 bridgehead atoms. The van der Waals surface area contributed by atoms with E-state index >= 15 is 0 Å². The molecule has 0 saturated carbocycles. The summed E-state index contributed by atoms with van der Waals surface area (Å²) in [4.78, 5) is 14.9. The second kappa shape index (κ2) is 6.05. The van der Waals surface area contributed by atoms with Gasteiger partial charge in [0.2, 0.25) is 5.91 Å². The third-order valence-electron chi connectivity index (χ3n) is 3.22. The predicted molar refractivity (Wildman–Crippen MR) is 84.2 cm³/mol. The zero-order valence-corrected chi connectivity index (χ0v) is 11.4. The maximum atomic E-state index is 11.8. The van der Waals surface area contributed by atoms with E-state index in [4.69, 9.17) is 0 Å². The summed E-state index contributed by atoms with van der Waals surface area (Å²) in [6.45, 7) is 0. The van der Waals surface area contributed by atoms with Gasteiger partial charge in [0.15, 0.2) is 0 Å². The molecule has 4 nitrogen and oxygen atoms in total. The lowest BCUT2D eigenvalue weighted by atomic mass is 10.1. The van der Waals surface area contributed by atoms with Gasteiger partial charge in [-0.05, 0) is 11.6 Å². The van der Waals surface area contributed by atoms with Crippen LogP contribution in [-0.4, -0.2) is 17.1 Å². The number of amides is 1. The highest BCUT2D eigenvalue weighted by molar-refractivity contribution is 5.99. The molecule has 0 aliphatic carbocycles. The minimum Gasteiger partial charge on any atom is -0.361 e. The molecular weight excluding hydrogens is 262 g/mol. The van der Waals surface area contributed by atoms with Crippen molar-refractivity contribution < 1.29 is 4.79 Å². The van der Waals surface area contributed by atoms with E-state index in [1.165, 1.54) is 0 Å². The lowest BCUT2D eigenvalue weighted by molar-refractivity contribution is -0.120. The summed E-state index contributed by atoms with van der Waals surface area (Å²) in [5.41, 5.74) is 5.52. The number of benzene rings is 2. The van der Waals surface area contributed by atoms with Gasteiger partial charge in [-0.1, -0.05) is 48.5 Å². The average molecular weight is 277 g/mol. The van der Waals surface area contributed by atoms with Crippen LogP contribution in [0.5, 0.6) is 0 Å². The topological polar surface area (TPSA) is 57.2 Å². The van der Waals surface area contributed by atoms with E-state index in [1.54, 1.807) is 6.21 Å². The Balaban J connectivity index is 1.63. The number of aromatic nitrogens is 1. The van der Waals surface area contributed by atoms with Crippen LogP contribution in [0.4, 0.5) is 0 Å². The number of hydrogen-bond donors (Lipinski definition) is 2. The van der Waals surface area contributed by atoms with Crippen molar-refractivity contribution >= 4 is 23.0 Å². The second-order valence-electron chi connectivity index (χ2n) is 4.75. The van der Waals surface area contributed by atoms with Crippen LogP contribution in [0.1, 0.15) is 11.1 Å². The molecule has 1 heterocycles. The van der Waals surface area contributed by atoms with Gasteiger partial charge in [-0.3, -0.25) is 4.79 Å². The van der Waals surface area contributed by atoms with Gasteiger partial charge in [-0.2, -0.15) is 5.10 Å². The Morgan fingerprint density at radius 1 is 1.10 bits per heavy atom. The standard InChI is InChI=1S/C17H15N3O/c21-17(10-13-6-2-1-3-7-13)20-19-12-14-11-18-16-9-5-4-8-15(14)16/h1-9,11-12,18H,10H2,(H,20,21)/b19-12+. The number of para-hydroxylation sites is 1. The zero-order valence-electron chi connectivity index (χ0n) is 11.4. The van der Waals surface area contributed by atoms with Crippen molar-refractivity contribution in [2.24, 2.45) is 5.10 Å². The van der Waals surface area contributed by atoms with E-state index in [-0.39, 0.29) is 5.91 Å². The number of fused-ring (bicyclic) bond motifs is 1. The average Bonchev–Trinajstić information content (AvgIpc) is 2.92. The third kappa shape index (κ3) is 3.17. The molecule has 0 unspecified atom stereocenters. The van der Waals surface area contributed by atoms with Crippen molar-refractivity contribution in [2.75, 3.05) is 0 Å². The Hall–Kier alpha value is -2.88. The van der Waals surface area contributed by atoms with E-state index in [9.17, 15) is 4.79 Å². The van der Waals surface area contributed by atoms with Crippen LogP contribution in [-0.2, 0) is 11.2 Å². The molecular formula is C17H15N3O. The quantitative estimate of drug-likeness (QED) is 0.559. The molecule has 1 amide bonds. The first-order valence-corrected chi connectivity index (χ1v) is 6.75. The van der Waals surface area contributed by atoms with Gasteiger partial charge in [0.1, 0.15) is 0 Å². The van der Waals surface area contributed by atoms with Crippen LogP contribution in [0, 0.1) is 0 Å². The van der Waals surface area contributed by atoms with Crippen molar-refractivity contribution in [1.29, 1.82) is 0 Å². The fraction of sp³-hybridized carbons (Fsp3) is 0.0588. The van der Waals surface area contributed by atoms with E-state index < -0.39 is 0 Å². The summed E-state index contributed by atoms with van der Waals surface area (Å²) in [5.74, 6) is -0.128. The van der Waals surface area contributed by atoms with Gasteiger partial charge >= 0.3 is 0 Å². The van der Waals surface area contributed by atoms with E-state index in [0.29, 0.717) is 6.42 Å². The highest BCUT2D eigenvalue weighted by Gasteiger charge is 2.02. The van der Waals surface area contributed by atoms with Crippen molar-refractivity contribution in [3.8, 4) is 0 Å². The van der Waals surface area contributed by atoms with E-state index in [1.807, 2.05) is 60.8 Å². The Labute approximate surface area is 122 Å². The largest absolute Gasteiger partial charge is 0.361 e. The maximum Gasteiger partial charge on any atom is 0.244 e. The van der Waals surface area contributed by atoms with Crippen LogP contribution < -0.4 is 5.43 Å². The minimum absolute atomic E-state index is 0.128. The van der Waals surface area contributed by atoms with E-state index in [2.05, 4.69) is 15.5 Å². The molecule has 0 fully saturated rings. The number of nitrogens with zero attached hydrogens (tertiary/aromatic N) is 1. The first-order valence-electron chi connectivity index (χ1n) is 6.75. The lowest BCUT2D eigenvalue weighted by Crippen LogP contribution is -2.19. The van der Waals surface area contributed by atoms with Crippen molar-refractivity contribution in [1.82, 2.24) is 10.4 Å². The molecule has 3 aromatic rings. The van der Waals surface area contributed by atoms with Gasteiger partial charge in [0.05, 0.1) is 12.6 Å². The van der Waals surface area contributed by atoms with Gasteiger partial charge in [-0.25, -0.2) is 5.43 Å². The third-order valence-corrected chi connectivity index (χ3v) is 3.22. The smallest absolute Gasteiger partial charge is 0.244 e. The molecule has 4 heteroatoms. The summed E-state index contributed by atoms with van der Waals surface area (Å²) in [5, 5.41) is 5.10. The molecule has 2 N–H and O–H groups in total. The zero-order chi connectivity index (χ0) is 14.5. The van der Waals surface area contributed by atoms with Crippen molar-refractivity contribution in [2.45, 2.75) is 6.42 Å². The van der Waals surface area contributed by atoms with E-state index in [0.717, 1.165) is 22.0 Å². The molecule has 0 aliphatic heterocycles. The van der Waals surface area contributed by atoms with Gasteiger partial charge < -0.3 is 4.98 Å². The Morgan fingerprint density at radius 3 is 2.71 bits per heavy atom. The fourth-order valence-electron chi connectivity index (χ4n) is 2.20. The predicted octanol–water partition coefficient (Wildman–Crippen LogP) is 2.86. The molecule has 0 spiro atoms. The number of rotatable bonds is 4. The Morgan fingerprint density at radius 2 is 1.86 bits per heavy atom. The number of hydrazone groups is 1. The summed E-state index contributed by atoms with van der Waals surface area (Å²) in [6, 6.07) is 17.6. The number of carbonyl (C=O) groups is 1.